The van der Waals surface area contributed by atoms with Crippen molar-refractivity contribution in [2.24, 2.45) is 0 Å². The van der Waals surface area contributed by atoms with Crippen LogP contribution in [-0.2, 0) is 9.53 Å². The number of ketones is 1. The van der Waals surface area contributed by atoms with E-state index >= 15 is 0 Å². The summed E-state index contributed by atoms with van der Waals surface area (Å²) in [7, 11) is 0. The van der Waals surface area contributed by atoms with Crippen LogP contribution in [0.4, 0.5) is 0 Å². The van der Waals surface area contributed by atoms with Crippen molar-refractivity contribution in [2.75, 3.05) is 6.61 Å². The van der Waals surface area contributed by atoms with Crippen molar-refractivity contribution in [3.05, 3.63) is 0 Å². The molecular formula is C15H30O2. The van der Waals surface area contributed by atoms with Gasteiger partial charge in [-0.1, -0.05) is 52.4 Å². The monoisotopic (exact) mass is 242 g/mol. The highest BCUT2D eigenvalue weighted by molar-refractivity contribution is 5.82. The molecule has 0 saturated carbocycles. The first-order chi connectivity index (χ1) is 8.26. The molecule has 0 saturated heterocycles. The van der Waals surface area contributed by atoms with E-state index in [-0.39, 0.29) is 6.10 Å². The van der Waals surface area contributed by atoms with Gasteiger partial charge in [-0.3, -0.25) is 4.79 Å². The van der Waals surface area contributed by atoms with Crippen molar-refractivity contribution >= 4 is 5.78 Å². The molecule has 2 nitrogen and oxygen atoms in total. The Bertz CT molecular complexity index is 178. The molecule has 1 atom stereocenters. The molecule has 0 radical (unpaired) electrons. The van der Waals surface area contributed by atoms with Gasteiger partial charge in [-0.15, -0.1) is 0 Å². The van der Waals surface area contributed by atoms with Crippen LogP contribution < -0.4 is 0 Å². The van der Waals surface area contributed by atoms with Crippen LogP contribution in [0.5, 0.6) is 0 Å². The fourth-order valence-electron chi connectivity index (χ4n) is 2.01. The van der Waals surface area contributed by atoms with E-state index in [1.54, 1.807) is 0 Å². The molecule has 0 aliphatic carbocycles. The minimum atomic E-state index is -0.131. The third-order valence-corrected chi connectivity index (χ3v) is 3.07. The van der Waals surface area contributed by atoms with E-state index in [9.17, 15) is 4.79 Å². The molecule has 0 aromatic heterocycles. The number of hydrogen-bond acceptors (Lipinski definition) is 2. The summed E-state index contributed by atoms with van der Waals surface area (Å²) >= 11 is 0. The Morgan fingerprint density at radius 3 is 2.18 bits per heavy atom. The lowest BCUT2D eigenvalue weighted by Crippen LogP contribution is -2.24. The number of Topliss-reactive ketones (excluding diaryl/α,β-unsaturated/α-hetero) is 1. The maximum absolute atomic E-state index is 12.0. The van der Waals surface area contributed by atoms with E-state index in [0.29, 0.717) is 18.8 Å². The van der Waals surface area contributed by atoms with Gasteiger partial charge in [0.1, 0.15) is 6.10 Å². The van der Waals surface area contributed by atoms with Crippen molar-refractivity contribution in [1.82, 2.24) is 0 Å². The van der Waals surface area contributed by atoms with Gasteiger partial charge in [0.25, 0.3) is 0 Å². The third-order valence-electron chi connectivity index (χ3n) is 3.07. The van der Waals surface area contributed by atoms with Gasteiger partial charge in [0.15, 0.2) is 5.78 Å². The molecule has 0 bridgehead atoms. The quantitative estimate of drug-likeness (QED) is 0.471. The van der Waals surface area contributed by atoms with E-state index < -0.39 is 0 Å². The molecule has 2 heteroatoms. The third kappa shape index (κ3) is 9.34. The average molecular weight is 242 g/mol. The van der Waals surface area contributed by atoms with Crippen molar-refractivity contribution in [2.45, 2.75) is 84.7 Å². The van der Waals surface area contributed by atoms with E-state index in [1.165, 1.54) is 32.1 Å². The molecule has 0 aromatic rings. The summed E-state index contributed by atoms with van der Waals surface area (Å²) in [5.74, 6) is 0.319. The van der Waals surface area contributed by atoms with Crippen LogP contribution in [0.2, 0.25) is 0 Å². The topological polar surface area (TPSA) is 26.3 Å². The van der Waals surface area contributed by atoms with E-state index in [2.05, 4.69) is 13.8 Å². The molecule has 1 unspecified atom stereocenters. The van der Waals surface area contributed by atoms with Crippen LogP contribution in [0.25, 0.3) is 0 Å². The Balaban J connectivity index is 3.79. The molecule has 0 aliphatic rings. The average Bonchev–Trinajstić information content (AvgIpc) is 2.33. The fourth-order valence-corrected chi connectivity index (χ4v) is 2.01. The summed E-state index contributed by atoms with van der Waals surface area (Å²) < 4.78 is 5.56. The van der Waals surface area contributed by atoms with E-state index in [1.807, 2.05) is 6.92 Å². The Hall–Kier alpha value is -0.370. The predicted molar refractivity (Wildman–Crippen MR) is 73.3 cm³/mol. The summed E-state index contributed by atoms with van der Waals surface area (Å²) in [6, 6.07) is 0. The summed E-state index contributed by atoms with van der Waals surface area (Å²) in [4.78, 5) is 12.0. The van der Waals surface area contributed by atoms with Crippen LogP contribution in [0, 0.1) is 0 Å². The molecule has 0 aliphatic heterocycles. The molecule has 0 fully saturated rings. The second kappa shape index (κ2) is 12.1. The Kier molecular flexibility index (Phi) is 11.8. The van der Waals surface area contributed by atoms with Gasteiger partial charge in [-0.25, -0.2) is 0 Å². The zero-order valence-electron chi connectivity index (χ0n) is 12.0. The first kappa shape index (κ1) is 16.6. The summed E-state index contributed by atoms with van der Waals surface area (Å²) in [5.41, 5.74) is 0. The molecule has 102 valence electrons. The highest BCUT2D eigenvalue weighted by Crippen LogP contribution is 2.12. The number of hydrogen-bond donors (Lipinski definition) is 0. The SMILES string of the molecule is CCCCCCC(=O)C(CCCCC)OCC. The first-order valence-corrected chi connectivity index (χ1v) is 7.40. The largest absolute Gasteiger partial charge is 0.371 e. The van der Waals surface area contributed by atoms with Gasteiger partial charge in [-0.05, 0) is 19.8 Å². The standard InChI is InChI=1S/C15H30O2/c1-4-7-9-11-12-14(16)15(17-6-3)13-10-8-5-2/h15H,4-13H2,1-3H3. The van der Waals surface area contributed by atoms with Crippen molar-refractivity contribution < 1.29 is 9.53 Å². The molecule has 0 rings (SSSR count). The number of ether oxygens (including phenoxy) is 1. The smallest absolute Gasteiger partial charge is 0.161 e. The van der Waals surface area contributed by atoms with Crippen LogP contribution in [0.15, 0.2) is 0 Å². The van der Waals surface area contributed by atoms with Gasteiger partial charge in [-0.2, -0.15) is 0 Å². The molecule has 0 spiro atoms. The Labute approximate surface area is 107 Å². The lowest BCUT2D eigenvalue weighted by Gasteiger charge is -2.15. The van der Waals surface area contributed by atoms with E-state index in [0.717, 1.165) is 19.3 Å². The van der Waals surface area contributed by atoms with Gasteiger partial charge in [0, 0.05) is 13.0 Å². The van der Waals surface area contributed by atoms with Crippen molar-refractivity contribution in [1.29, 1.82) is 0 Å². The predicted octanol–water partition coefficient (Wildman–Crippen LogP) is 4.51. The van der Waals surface area contributed by atoms with Crippen LogP contribution in [0.3, 0.4) is 0 Å². The second-order valence-corrected chi connectivity index (χ2v) is 4.72. The molecule has 0 aromatic carbocycles. The summed E-state index contributed by atoms with van der Waals surface area (Å²) in [6.45, 7) is 6.99. The molecule has 17 heavy (non-hydrogen) atoms. The van der Waals surface area contributed by atoms with E-state index in [4.69, 9.17) is 4.74 Å². The number of rotatable bonds is 12. The van der Waals surface area contributed by atoms with Crippen LogP contribution in [-0.4, -0.2) is 18.5 Å². The number of unbranched alkanes of at least 4 members (excludes halogenated alkanes) is 5. The summed E-state index contributed by atoms with van der Waals surface area (Å²) in [5, 5.41) is 0. The fraction of sp³-hybridized carbons (Fsp3) is 0.933. The maximum Gasteiger partial charge on any atom is 0.161 e. The normalized spacial score (nSPS) is 12.6. The molecule has 0 amide bonds. The molecule has 0 N–H and O–H groups in total. The minimum absolute atomic E-state index is 0.131. The summed E-state index contributed by atoms with van der Waals surface area (Å²) in [6.07, 6.45) is 9.67. The maximum atomic E-state index is 12.0. The Morgan fingerprint density at radius 2 is 1.59 bits per heavy atom. The van der Waals surface area contributed by atoms with Gasteiger partial charge < -0.3 is 4.74 Å². The lowest BCUT2D eigenvalue weighted by atomic mass is 10.0. The highest BCUT2D eigenvalue weighted by atomic mass is 16.5. The van der Waals surface area contributed by atoms with Crippen molar-refractivity contribution in [3.63, 3.8) is 0 Å². The lowest BCUT2D eigenvalue weighted by molar-refractivity contribution is -0.130. The van der Waals surface area contributed by atoms with Crippen LogP contribution >= 0.6 is 0 Å². The highest BCUT2D eigenvalue weighted by Gasteiger charge is 2.17. The minimum Gasteiger partial charge on any atom is -0.371 e. The van der Waals surface area contributed by atoms with Gasteiger partial charge in [0.05, 0.1) is 0 Å². The molecular weight excluding hydrogens is 212 g/mol. The number of carbonyl (C=O) groups excluding carboxylic acids is 1. The number of carbonyl (C=O) groups is 1. The van der Waals surface area contributed by atoms with Crippen LogP contribution in [0.1, 0.15) is 78.6 Å². The Morgan fingerprint density at radius 1 is 0.941 bits per heavy atom. The first-order valence-electron chi connectivity index (χ1n) is 7.40. The zero-order chi connectivity index (χ0) is 12.9. The molecule has 0 heterocycles. The zero-order valence-corrected chi connectivity index (χ0v) is 12.0. The van der Waals surface area contributed by atoms with Gasteiger partial charge in [0.2, 0.25) is 0 Å². The van der Waals surface area contributed by atoms with Crippen molar-refractivity contribution in [3.8, 4) is 0 Å². The second-order valence-electron chi connectivity index (χ2n) is 4.72. The van der Waals surface area contributed by atoms with Gasteiger partial charge >= 0.3 is 0 Å².